The van der Waals surface area contributed by atoms with E-state index < -0.39 is 34.9 Å². The molecule has 5 aromatic rings. The molecule has 6 aliphatic rings. The summed E-state index contributed by atoms with van der Waals surface area (Å²) in [5.41, 5.74) is 2.00. The minimum atomic E-state index is -1.25. The molecular weight excluding hydrogens is 761 g/mol. The van der Waals surface area contributed by atoms with Gasteiger partial charge in [-0.3, -0.25) is 29.4 Å². The Morgan fingerprint density at radius 3 is 2.42 bits per heavy atom. The number of carbonyl (C=O) groups is 3. The van der Waals surface area contributed by atoms with E-state index in [1.54, 1.807) is 32.0 Å². The van der Waals surface area contributed by atoms with Gasteiger partial charge in [-0.2, -0.15) is 10.2 Å². The first kappa shape index (κ1) is 37.3. The summed E-state index contributed by atoms with van der Waals surface area (Å²) in [6.45, 7) is 16.7. The van der Waals surface area contributed by atoms with Crippen molar-refractivity contribution in [3.05, 3.63) is 89.2 Å². The van der Waals surface area contributed by atoms with E-state index in [1.807, 2.05) is 17.0 Å². The minimum absolute atomic E-state index is 0.0151. The number of imide groups is 1. The first-order valence-electron chi connectivity index (χ1n) is 20.0. The smallest absolute Gasteiger partial charge is 0.328 e. The van der Waals surface area contributed by atoms with Gasteiger partial charge in [0.05, 0.1) is 34.9 Å². The average Bonchev–Trinajstić information content (AvgIpc) is 3.76. The third-order valence-corrected chi connectivity index (χ3v) is 13.1. The highest BCUT2D eigenvalue weighted by Gasteiger charge is 2.71. The standard InChI is InChI=1S/C42H43F2N11O4/c1-40(2,59)30-16-33-26(12-34(30)47-38(57)35-5-4-28-13-27(45-3)17-46-55(28)35)21-54(49-33)42-22-41(23-42,24-42)52-10-8-50(9-11-52)18-25-19-51(20-25)29-14-31(43)37(32(44)15-29)53-7-6-36(56)48-39(53)58/h4-5,12-17,21,25,59H,6-11,18-20,22-24H2,1-2H3,(H,47,57)(H,48,56,58). The number of aromatic nitrogens is 4. The number of fused-ring (bicyclic) bond motifs is 2. The molecule has 0 spiro atoms. The lowest BCUT2D eigenvalue weighted by Gasteiger charge is -2.74. The molecule has 15 nitrogen and oxygen atoms in total. The summed E-state index contributed by atoms with van der Waals surface area (Å²) in [4.78, 5) is 48.6. The molecule has 304 valence electrons. The maximum absolute atomic E-state index is 15.1. The van der Waals surface area contributed by atoms with Crippen LogP contribution < -0.4 is 20.4 Å². The Hall–Kier alpha value is -5.96. The van der Waals surface area contributed by atoms with Crippen LogP contribution in [0.5, 0.6) is 0 Å². The molecule has 2 aromatic carbocycles. The average molecular weight is 804 g/mol. The van der Waals surface area contributed by atoms with Crippen molar-refractivity contribution >= 4 is 57.0 Å². The van der Waals surface area contributed by atoms with Crippen LogP contribution in [0.2, 0.25) is 0 Å². The minimum Gasteiger partial charge on any atom is -0.386 e. The maximum Gasteiger partial charge on any atom is 0.328 e. The van der Waals surface area contributed by atoms with Crippen molar-refractivity contribution in [1.82, 2.24) is 34.5 Å². The fraction of sp³-hybridized carbons (Fsp3) is 0.429. The molecule has 17 heteroatoms. The summed E-state index contributed by atoms with van der Waals surface area (Å²) >= 11 is 0. The van der Waals surface area contributed by atoms with Crippen molar-refractivity contribution < 1.29 is 28.3 Å². The summed E-state index contributed by atoms with van der Waals surface area (Å²) in [5.74, 6) is -2.11. The van der Waals surface area contributed by atoms with E-state index in [0.717, 1.165) is 67.8 Å². The second-order valence-corrected chi connectivity index (χ2v) is 17.5. The number of piperazine rings is 1. The van der Waals surface area contributed by atoms with Crippen LogP contribution in [0.25, 0.3) is 21.3 Å². The first-order valence-corrected chi connectivity index (χ1v) is 20.0. The second-order valence-electron chi connectivity index (χ2n) is 17.5. The Labute approximate surface area is 337 Å². The molecule has 4 amide bonds. The van der Waals surface area contributed by atoms with E-state index in [9.17, 15) is 19.5 Å². The van der Waals surface area contributed by atoms with Crippen LogP contribution in [0.1, 0.15) is 55.6 Å². The van der Waals surface area contributed by atoms with E-state index in [2.05, 4.69) is 41.3 Å². The van der Waals surface area contributed by atoms with Gasteiger partial charge in [-0.25, -0.2) is 22.9 Å². The maximum atomic E-state index is 15.1. The molecule has 0 radical (unpaired) electrons. The number of rotatable bonds is 9. The fourth-order valence-electron chi connectivity index (χ4n) is 10.0. The molecule has 3 saturated heterocycles. The number of aliphatic hydroxyl groups is 1. The van der Waals surface area contributed by atoms with Crippen LogP contribution >= 0.6 is 0 Å². The van der Waals surface area contributed by atoms with E-state index in [4.69, 9.17) is 11.7 Å². The Kier molecular flexibility index (Phi) is 8.40. The van der Waals surface area contributed by atoms with Gasteiger partial charge in [-0.1, -0.05) is 0 Å². The number of nitrogens with one attached hydrogen (secondary N) is 2. The zero-order valence-electron chi connectivity index (χ0n) is 32.7. The second kappa shape index (κ2) is 13.3. The number of halogens is 2. The van der Waals surface area contributed by atoms with Gasteiger partial charge in [-0.05, 0) is 75.6 Å². The number of amides is 4. The predicted octanol–water partition coefficient (Wildman–Crippen LogP) is 4.82. The van der Waals surface area contributed by atoms with Crippen LogP contribution in [-0.4, -0.2) is 110 Å². The lowest BCUT2D eigenvalue weighted by molar-refractivity contribution is -0.217. The number of hydrogen-bond donors (Lipinski definition) is 3. The van der Waals surface area contributed by atoms with Gasteiger partial charge in [0.15, 0.2) is 11.6 Å². The van der Waals surface area contributed by atoms with Crippen LogP contribution in [0.15, 0.2) is 54.9 Å². The van der Waals surface area contributed by atoms with Crippen molar-refractivity contribution in [2.75, 3.05) is 67.5 Å². The molecule has 0 atom stereocenters. The Bertz CT molecular complexity index is 2590. The Morgan fingerprint density at radius 2 is 1.75 bits per heavy atom. The van der Waals surface area contributed by atoms with Crippen molar-refractivity contribution in [3.8, 4) is 0 Å². The molecule has 2 bridgehead atoms. The van der Waals surface area contributed by atoms with Crippen molar-refractivity contribution in [2.45, 2.75) is 56.2 Å². The van der Waals surface area contributed by atoms with Gasteiger partial charge in [0.2, 0.25) is 11.6 Å². The molecule has 0 unspecified atom stereocenters. The highest BCUT2D eigenvalue weighted by atomic mass is 19.1. The zero-order chi connectivity index (χ0) is 41.0. The molecule has 59 heavy (non-hydrogen) atoms. The third kappa shape index (κ3) is 6.19. The molecule has 3 aliphatic carbocycles. The van der Waals surface area contributed by atoms with E-state index >= 15 is 8.78 Å². The van der Waals surface area contributed by atoms with Crippen LogP contribution in [0, 0.1) is 24.1 Å². The topological polar surface area (TPSA) is 148 Å². The number of carbonyl (C=O) groups excluding carboxylic acids is 3. The van der Waals surface area contributed by atoms with Crippen molar-refractivity contribution in [3.63, 3.8) is 0 Å². The van der Waals surface area contributed by atoms with Crippen LogP contribution in [0.3, 0.4) is 0 Å². The monoisotopic (exact) mass is 803 g/mol. The highest BCUT2D eigenvalue weighted by Crippen LogP contribution is 2.68. The quantitative estimate of drug-likeness (QED) is 0.179. The summed E-state index contributed by atoms with van der Waals surface area (Å²) in [6, 6.07) is 10.5. The lowest BCUT2D eigenvalue weighted by atomic mass is 9.43. The van der Waals surface area contributed by atoms with E-state index in [1.165, 1.54) is 22.8 Å². The van der Waals surface area contributed by atoms with Gasteiger partial charge in [0.25, 0.3) is 5.91 Å². The normalized spacial score (nSPS) is 23.8. The number of anilines is 3. The third-order valence-electron chi connectivity index (χ3n) is 13.1. The van der Waals surface area contributed by atoms with Crippen molar-refractivity contribution in [2.24, 2.45) is 5.92 Å². The van der Waals surface area contributed by atoms with E-state index in [0.29, 0.717) is 52.8 Å². The zero-order valence-corrected chi connectivity index (χ0v) is 32.7. The summed E-state index contributed by atoms with van der Waals surface area (Å²) < 4.78 is 33.7. The van der Waals surface area contributed by atoms with E-state index in [-0.39, 0.29) is 30.0 Å². The molecule has 11 rings (SSSR count). The molecular formula is C42H43F2N11O4. The largest absolute Gasteiger partial charge is 0.386 e. The fourth-order valence-corrected chi connectivity index (χ4v) is 10.0. The molecule has 3 aromatic heterocycles. The molecule has 3 saturated carbocycles. The summed E-state index contributed by atoms with van der Waals surface area (Å²) in [6.07, 6.45) is 6.51. The Morgan fingerprint density at radius 1 is 1.02 bits per heavy atom. The van der Waals surface area contributed by atoms with Gasteiger partial charge >= 0.3 is 6.03 Å². The van der Waals surface area contributed by atoms with Gasteiger partial charge in [0, 0.05) is 98.8 Å². The number of benzene rings is 2. The predicted molar refractivity (Wildman–Crippen MR) is 215 cm³/mol. The number of urea groups is 1. The number of nitrogens with zero attached hydrogens (tertiary/aromatic N) is 9. The Balaban J connectivity index is 0.742. The molecule has 6 heterocycles. The molecule has 3 N–H and O–H groups in total. The lowest BCUT2D eigenvalue weighted by Crippen LogP contribution is -2.80. The summed E-state index contributed by atoms with van der Waals surface area (Å²) in [5, 5.41) is 26.4. The van der Waals surface area contributed by atoms with Gasteiger partial charge in [0.1, 0.15) is 11.4 Å². The van der Waals surface area contributed by atoms with Crippen molar-refractivity contribution in [1.29, 1.82) is 0 Å². The molecule has 6 fully saturated rings. The highest BCUT2D eigenvalue weighted by molar-refractivity contribution is 6.06. The molecule has 3 aliphatic heterocycles. The number of hydrogen-bond acceptors (Lipinski definition) is 9. The van der Waals surface area contributed by atoms with Crippen LogP contribution in [0.4, 0.5) is 36.3 Å². The SMILES string of the molecule is [C-]#[N+]c1cnn2c(C(=O)Nc3cc4cn(C56CC(N7CCN(CC8CN(c9cc(F)c(N%10CCC(=O)NC%10=O)c(F)c9)C8)CC7)(C5)C6)nc4cc3C(C)(C)O)ccc2c1. The van der Waals surface area contributed by atoms with Crippen LogP contribution in [-0.2, 0) is 15.9 Å². The summed E-state index contributed by atoms with van der Waals surface area (Å²) in [7, 11) is 0. The van der Waals surface area contributed by atoms with Gasteiger partial charge in [-0.15, -0.1) is 0 Å². The first-order chi connectivity index (χ1) is 28.2. The van der Waals surface area contributed by atoms with Gasteiger partial charge < -0.3 is 20.2 Å².